The molecule has 1 aromatic carbocycles. The molecule has 0 saturated heterocycles. The third kappa shape index (κ3) is 4.67. The number of carbonyl (C=O) groups is 1. The normalized spacial score (nSPS) is 12.0. The van der Waals surface area contributed by atoms with Crippen molar-refractivity contribution < 1.29 is 36.6 Å². The first-order valence-electron chi connectivity index (χ1n) is 9.68. The van der Waals surface area contributed by atoms with Gasteiger partial charge in [-0.25, -0.2) is 18.2 Å². The molecule has 0 spiro atoms. The molecule has 188 valence electrons. The highest BCUT2D eigenvalue weighted by Crippen LogP contribution is 2.36. The lowest BCUT2D eigenvalue weighted by Crippen LogP contribution is -2.16. The Morgan fingerprint density at radius 3 is 2.53 bits per heavy atom. The van der Waals surface area contributed by atoms with E-state index in [2.05, 4.69) is 19.8 Å². The fourth-order valence-electron chi connectivity index (χ4n) is 3.16. The molecule has 3 heterocycles. The minimum absolute atomic E-state index is 0.00101. The summed E-state index contributed by atoms with van der Waals surface area (Å²) in [5.41, 5.74) is -3.23. The van der Waals surface area contributed by atoms with E-state index in [-0.39, 0.29) is 31.9 Å². The van der Waals surface area contributed by atoms with Gasteiger partial charge in [-0.15, -0.1) is 11.3 Å². The minimum atomic E-state index is -4.67. The van der Waals surface area contributed by atoms with E-state index in [0.717, 1.165) is 10.7 Å². The van der Waals surface area contributed by atoms with Gasteiger partial charge in [0.2, 0.25) is 5.75 Å². The van der Waals surface area contributed by atoms with E-state index in [1.165, 1.54) is 43.4 Å². The summed E-state index contributed by atoms with van der Waals surface area (Å²) < 4.78 is 68.1. The van der Waals surface area contributed by atoms with E-state index in [4.69, 9.17) is 0 Å². The summed E-state index contributed by atoms with van der Waals surface area (Å²) in [6.07, 6.45) is -4.67. The van der Waals surface area contributed by atoms with E-state index in [0.29, 0.717) is 11.3 Å². The molecule has 0 aliphatic carbocycles. The SMILES string of the molecule is Cn1nc(C(F)(F)F)cc1-c1ccc(S(=O)(=O)Nc2ccccc2-c2nc(C(=O)O)c(O)c(=O)[nH]2)s1. The van der Waals surface area contributed by atoms with Gasteiger partial charge in [-0.05, 0) is 30.3 Å². The molecule has 0 bridgehead atoms. The molecule has 36 heavy (non-hydrogen) atoms. The molecule has 0 fully saturated rings. The third-order valence-electron chi connectivity index (χ3n) is 4.79. The number of aromatic nitrogens is 4. The third-order valence-corrected chi connectivity index (χ3v) is 7.76. The van der Waals surface area contributed by atoms with Crippen LogP contribution in [0.25, 0.3) is 22.0 Å². The van der Waals surface area contributed by atoms with Crippen molar-refractivity contribution in [2.24, 2.45) is 7.05 Å². The number of alkyl halides is 3. The first kappa shape index (κ1) is 24.9. The number of rotatable bonds is 6. The van der Waals surface area contributed by atoms with Crippen molar-refractivity contribution in [2.75, 3.05) is 4.72 Å². The number of carboxylic acids is 1. The summed E-state index contributed by atoms with van der Waals surface area (Å²) >= 11 is 0.700. The highest BCUT2D eigenvalue weighted by molar-refractivity contribution is 7.94. The van der Waals surface area contributed by atoms with Crippen molar-refractivity contribution in [3.8, 4) is 27.7 Å². The van der Waals surface area contributed by atoms with Crippen LogP contribution in [0.1, 0.15) is 16.2 Å². The monoisotopic (exact) mass is 541 g/mol. The predicted molar refractivity (Wildman–Crippen MR) is 121 cm³/mol. The zero-order chi connectivity index (χ0) is 26.4. The quantitative estimate of drug-likeness (QED) is 0.289. The summed E-state index contributed by atoms with van der Waals surface area (Å²) in [6.45, 7) is 0. The smallest absolute Gasteiger partial charge is 0.435 e. The van der Waals surface area contributed by atoms with Crippen LogP contribution < -0.4 is 10.3 Å². The number of nitrogens with zero attached hydrogens (tertiary/aromatic N) is 3. The molecular weight excluding hydrogens is 527 g/mol. The summed E-state index contributed by atoms with van der Waals surface area (Å²) in [5.74, 6) is -3.11. The molecular formula is C20H14F3N5O6S2. The Hall–Kier alpha value is -4.18. The lowest BCUT2D eigenvalue weighted by Gasteiger charge is -2.12. The van der Waals surface area contributed by atoms with Crippen LogP contribution >= 0.6 is 11.3 Å². The number of aromatic carboxylic acids is 1. The minimum Gasteiger partial charge on any atom is -0.501 e. The molecule has 11 nitrogen and oxygen atoms in total. The summed E-state index contributed by atoms with van der Waals surface area (Å²) in [6, 6.07) is 8.96. The van der Waals surface area contributed by atoms with Crippen molar-refractivity contribution in [2.45, 2.75) is 10.4 Å². The summed E-state index contributed by atoms with van der Waals surface area (Å²) in [4.78, 5) is 29.4. The van der Waals surface area contributed by atoms with Gasteiger partial charge >= 0.3 is 12.1 Å². The second-order valence-electron chi connectivity index (χ2n) is 7.22. The fraction of sp³-hybridized carbons (Fsp3) is 0.100. The number of thiophene rings is 1. The van der Waals surface area contributed by atoms with Gasteiger partial charge in [-0.3, -0.25) is 14.2 Å². The number of carboxylic acid groups (broad SMARTS) is 1. The standard InChI is InChI=1S/C20H14F3N5O6S2/c1-28-11(8-13(26-28)20(21,22)23)12-6-7-14(35-12)36(33,34)27-10-5-3-2-4-9(10)17-24-15(19(31)32)16(29)18(30)25-17/h2-8,27,29H,1H3,(H,31,32)(H,24,25,30). The number of hydrogen-bond donors (Lipinski definition) is 4. The number of aromatic amines is 1. The van der Waals surface area contributed by atoms with Crippen LogP contribution in [0.3, 0.4) is 0 Å². The maximum atomic E-state index is 13.0. The maximum absolute atomic E-state index is 13.0. The lowest BCUT2D eigenvalue weighted by atomic mass is 10.1. The molecule has 0 saturated carbocycles. The molecule has 0 unspecified atom stereocenters. The van der Waals surface area contributed by atoms with Gasteiger partial charge in [0.05, 0.1) is 16.3 Å². The first-order valence-corrected chi connectivity index (χ1v) is 12.0. The van der Waals surface area contributed by atoms with Crippen LogP contribution in [-0.2, 0) is 23.2 Å². The Balaban J connectivity index is 1.70. The molecule has 4 rings (SSSR count). The van der Waals surface area contributed by atoms with Crippen molar-refractivity contribution in [1.82, 2.24) is 19.7 Å². The summed E-state index contributed by atoms with van der Waals surface area (Å²) in [7, 11) is -2.98. The van der Waals surface area contributed by atoms with Crippen LogP contribution in [0.4, 0.5) is 18.9 Å². The molecule has 16 heteroatoms. The number of nitrogens with one attached hydrogen (secondary N) is 2. The number of benzene rings is 1. The number of aromatic hydroxyl groups is 1. The van der Waals surface area contributed by atoms with Crippen LogP contribution in [0.2, 0.25) is 0 Å². The van der Waals surface area contributed by atoms with Gasteiger partial charge in [0.25, 0.3) is 15.6 Å². The van der Waals surface area contributed by atoms with Crippen molar-refractivity contribution in [1.29, 1.82) is 0 Å². The number of para-hydroxylation sites is 1. The Morgan fingerprint density at radius 2 is 1.89 bits per heavy atom. The van der Waals surface area contributed by atoms with E-state index in [9.17, 15) is 41.4 Å². The topological polar surface area (TPSA) is 167 Å². The van der Waals surface area contributed by atoms with E-state index in [1.54, 1.807) is 0 Å². The largest absolute Gasteiger partial charge is 0.501 e. The maximum Gasteiger partial charge on any atom is 0.435 e. The van der Waals surface area contributed by atoms with Crippen molar-refractivity contribution in [3.05, 3.63) is 64.2 Å². The average Bonchev–Trinajstić information content (AvgIpc) is 3.42. The summed E-state index contributed by atoms with van der Waals surface area (Å²) in [5, 5.41) is 22.2. The second kappa shape index (κ2) is 8.80. The molecule has 3 aromatic heterocycles. The van der Waals surface area contributed by atoms with Crippen molar-refractivity contribution >= 4 is 33.0 Å². The number of H-pyrrole nitrogens is 1. The van der Waals surface area contributed by atoms with Crippen molar-refractivity contribution in [3.63, 3.8) is 0 Å². The van der Waals surface area contributed by atoms with Gasteiger partial charge in [0, 0.05) is 12.6 Å². The predicted octanol–water partition coefficient (Wildman–Crippen LogP) is 3.12. The Labute approximate surface area is 203 Å². The highest BCUT2D eigenvalue weighted by Gasteiger charge is 2.35. The van der Waals surface area contributed by atoms with Gasteiger partial charge in [0.1, 0.15) is 10.0 Å². The molecule has 0 radical (unpaired) electrons. The van der Waals surface area contributed by atoms with E-state index >= 15 is 0 Å². The Bertz CT molecular complexity index is 1660. The second-order valence-corrected chi connectivity index (χ2v) is 10.2. The van der Waals surface area contributed by atoms with Crippen LogP contribution in [0.15, 0.2) is 51.5 Å². The number of aryl methyl sites for hydroxylation is 1. The van der Waals surface area contributed by atoms with E-state index in [1.807, 2.05) is 0 Å². The van der Waals surface area contributed by atoms with Gasteiger partial charge in [-0.1, -0.05) is 12.1 Å². The molecule has 4 N–H and O–H groups in total. The van der Waals surface area contributed by atoms with Gasteiger partial charge in [-0.2, -0.15) is 18.3 Å². The average molecular weight is 541 g/mol. The molecule has 0 aliphatic rings. The van der Waals surface area contributed by atoms with Crippen LogP contribution in [0.5, 0.6) is 5.75 Å². The van der Waals surface area contributed by atoms with Crippen LogP contribution in [-0.4, -0.2) is 44.3 Å². The number of hydrogen-bond acceptors (Lipinski definition) is 8. The molecule has 4 aromatic rings. The van der Waals surface area contributed by atoms with Gasteiger partial charge < -0.3 is 15.2 Å². The Morgan fingerprint density at radius 1 is 1.19 bits per heavy atom. The Kier molecular flexibility index (Phi) is 6.09. The van der Waals surface area contributed by atoms with Gasteiger partial charge in [0.15, 0.2) is 11.4 Å². The molecule has 0 aliphatic heterocycles. The van der Waals surface area contributed by atoms with E-state index < -0.39 is 44.9 Å². The zero-order valence-corrected chi connectivity index (χ0v) is 19.5. The van der Waals surface area contributed by atoms with Crippen LogP contribution in [0, 0.1) is 0 Å². The molecule has 0 amide bonds. The zero-order valence-electron chi connectivity index (χ0n) is 17.9. The number of sulfonamides is 1. The fourth-order valence-corrected chi connectivity index (χ4v) is 5.59. The number of anilines is 1. The first-order chi connectivity index (χ1) is 16.8. The number of halogens is 3. The molecule has 0 atom stereocenters. The lowest BCUT2D eigenvalue weighted by molar-refractivity contribution is -0.141. The highest BCUT2D eigenvalue weighted by atomic mass is 32.2.